The molecule has 3 nitrogen and oxygen atoms in total. The minimum Gasteiger partial charge on any atom is -0.342 e. The Hall–Kier alpha value is -0.280. The van der Waals surface area contributed by atoms with Crippen LogP contribution in [0, 0.1) is 11.3 Å². The van der Waals surface area contributed by atoms with Crippen molar-refractivity contribution in [1.29, 1.82) is 0 Å². The van der Waals surface area contributed by atoms with Crippen molar-refractivity contribution in [2.45, 2.75) is 52.5 Å². The van der Waals surface area contributed by atoms with Gasteiger partial charge in [0, 0.05) is 25.0 Å². The van der Waals surface area contributed by atoms with Gasteiger partial charge < -0.3 is 10.2 Å². The number of likely N-dealkylation sites (tertiary alicyclic amines) is 1. The van der Waals surface area contributed by atoms with Gasteiger partial charge in [-0.05, 0) is 44.6 Å². The summed E-state index contributed by atoms with van der Waals surface area (Å²) in [4.78, 5) is 14.6. The van der Waals surface area contributed by atoms with Crippen LogP contribution >= 0.6 is 12.4 Å². The zero-order valence-electron chi connectivity index (χ0n) is 11.9. The van der Waals surface area contributed by atoms with E-state index in [2.05, 4.69) is 31.0 Å². The lowest BCUT2D eigenvalue weighted by atomic mass is 9.83. The minimum atomic E-state index is 0. The predicted octanol–water partition coefficient (Wildman–Crippen LogP) is 2.44. The van der Waals surface area contributed by atoms with E-state index >= 15 is 0 Å². The van der Waals surface area contributed by atoms with E-state index in [9.17, 15) is 4.79 Å². The Labute approximate surface area is 117 Å². The second kappa shape index (κ2) is 6.25. The number of rotatable bonds is 1. The van der Waals surface area contributed by atoms with E-state index in [1.54, 1.807) is 0 Å². The normalized spacial score (nSPS) is 31.6. The lowest BCUT2D eigenvalue weighted by Gasteiger charge is -2.40. The van der Waals surface area contributed by atoms with E-state index in [0.717, 1.165) is 32.5 Å². The molecule has 0 saturated carbocycles. The molecular weight excluding hydrogens is 248 g/mol. The van der Waals surface area contributed by atoms with E-state index < -0.39 is 0 Å². The summed E-state index contributed by atoms with van der Waals surface area (Å²) < 4.78 is 0. The number of hydrogen-bond donors (Lipinski definition) is 1. The third-order valence-electron chi connectivity index (χ3n) is 4.19. The smallest absolute Gasteiger partial charge is 0.225 e. The zero-order valence-corrected chi connectivity index (χ0v) is 12.7. The number of nitrogens with one attached hydrogen (secondary N) is 1. The highest BCUT2D eigenvalue weighted by Crippen LogP contribution is 2.30. The largest absolute Gasteiger partial charge is 0.342 e. The van der Waals surface area contributed by atoms with Crippen molar-refractivity contribution in [2.75, 3.05) is 19.6 Å². The maximum absolute atomic E-state index is 12.5. The summed E-state index contributed by atoms with van der Waals surface area (Å²) >= 11 is 0. The summed E-state index contributed by atoms with van der Waals surface area (Å²) in [6, 6.07) is 0.496. The fourth-order valence-corrected chi connectivity index (χ4v) is 3.23. The van der Waals surface area contributed by atoms with Crippen LogP contribution in [0.4, 0.5) is 0 Å². The van der Waals surface area contributed by atoms with Gasteiger partial charge in [0.1, 0.15) is 0 Å². The predicted molar refractivity (Wildman–Crippen MR) is 77.0 cm³/mol. The summed E-state index contributed by atoms with van der Waals surface area (Å²) in [7, 11) is 0. The molecule has 0 aromatic carbocycles. The van der Waals surface area contributed by atoms with Crippen LogP contribution in [0.25, 0.3) is 0 Å². The number of carbonyl (C=O) groups is 1. The zero-order chi connectivity index (χ0) is 12.5. The topological polar surface area (TPSA) is 32.3 Å². The van der Waals surface area contributed by atoms with E-state index in [4.69, 9.17) is 0 Å². The van der Waals surface area contributed by atoms with E-state index in [-0.39, 0.29) is 18.3 Å². The van der Waals surface area contributed by atoms with Crippen LogP contribution in [0.1, 0.15) is 46.5 Å². The average molecular weight is 275 g/mol. The van der Waals surface area contributed by atoms with Gasteiger partial charge in [-0.1, -0.05) is 13.8 Å². The third kappa shape index (κ3) is 3.86. The van der Waals surface area contributed by atoms with Gasteiger partial charge in [0.2, 0.25) is 5.91 Å². The highest BCUT2D eigenvalue weighted by Gasteiger charge is 2.33. The number of amides is 1. The van der Waals surface area contributed by atoms with Crippen LogP contribution in [0.3, 0.4) is 0 Å². The fourth-order valence-electron chi connectivity index (χ4n) is 3.23. The number of hydrogen-bond acceptors (Lipinski definition) is 2. The third-order valence-corrected chi connectivity index (χ3v) is 4.19. The van der Waals surface area contributed by atoms with E-state index in [1.165, 1.54) is 12.8 Å². The first-order valence-electron chi connectivity index (χ1n) is 7.00. The maximum atomic E-state index is 12.5. The standard InChI is InChI=1S/C14H26N2O.ClH/c1-11-9-12(5-7-15-11)13(17)16-8-4-6-14(2,3)10-16;/h11-12,15H,4-10H2,1-3H3;1H/t11-,12-;/m0./s1. The molecular formula is C14H27ClN2O. The van der Waals surface area contributed by atoms with Crippen molar-refractivity contribution in [3.8, 4) is 0 Å². The molecule has 2 heterocycles. The number of carbonyl (C=O) groups excluding carboxylic acids is 1. The molecule has 1 amide bonds. The van der Waals surface area contributed by atoms with Crippen LogP contribution in [0.15, 0.2) is 0 Å². The van der Waals surface area contributed by atoms with Crippen LogP contribution in [-0.2, 0) is 4.79 Å². The molecule has 2 aliphatic rings. The highest BCUT2D eigenvalue weighted by atomic mass is 35.5. The minimum absolute atomic E-state index is 0. The molecule has 106 valence electrons. The molecule has 4 heteroatoms. The van der Waals surface area contributed by atoms with Crippen LogP contribution in [0.2, 0.25) is 0 Å². The lowest BCUT2D eigenvalue weighted by molar-refractivity contribution is -0.139. The van der Waals surface area contributed by atoms with Gasteiger partial charge in [0.15, 0.2) is 0 Å². The number of nitrogens with zero attached hydrogens (tertiary/aromatic N) is 1. The van der Waals surface area contributed by atoms with Crippen molar-refractivity contribution in [2.24, 2.45) is 11.3 Å². The molecule has 2 saturated heterocycles. The molecule has 0 aliphatic carbocycles. The van der Waals surface area contributed by atoms with Crippen molar-refractivity contribution in [3.05, 3.63) is 0 Å². The van der Waals surface area contributed by atoms with Crippen molar-refractivity contribution >= 4 is 18.3 Å². The Bertz CT molecular complexity index is 294. The molecule has 1 N–H and O–H groups in total. The Morgan fingerprint density at radius 3 is 2.72 bits per heavy atom. The molecule has 2 atom stereocenters. The van der Waals surface area contributed by atoms with Gasteiger partial charge in [0.25, 0.3) is 0 Å². The summed E-state index contributed by atoms with van der Waals surface area (Å²) in [6.45, 7) is 9.65. The van der Waals surface area contributed by atoms with Crippen LogP contribution in [-0.4, -0.2) is 36.5 Å². The molecule has 18 heavy (non-hydrogen) atoms. The first kappa shape index (κ1) is 15.8. The number of piperidine rings is 2. The SMILES string of the molecule is C[C@H]1C[C@@H](C(=O)N2CCCC(C)(C)C2)CCN1.Cl. The summed E-state index contributed by atoms with van der Waals surface area (Å²) in [5.41, 5.74) is 0.312. The van der Waals surface area contributed by atoms with Crippen LogP contribution in [0.5, 0.6) is 0 Å². The number of halogens is 1. The van der Waals surface area contributed by atoms with Crippen molar-refractivity contribution in [3.63, 3.8) is 0 Å². The molecule has 0 bridgehead atoms. The molecule has 0 aromatic heterocycles. The summed E-state index contributed by atoms with van der Waals surface area (Å²) in [5, 5.41) is 3.42. The average Bonchev–Trinajstić information content (AvgIpc) is 2.26. The summed E-state index contributed by atoms with van der Waals surface area (Å²) in [6.07, 6.45) is 4.44. The Morgan fingerprint density at radius 1 is 1.39 bits per heavy atom. The van der Waals surface area contributed by atoms with Gasteiger partial charge in [-0.15, -0.1) is 12.4 Å². The van der Waals surface area contributed by atoms with Crippen molar-refractivity contribution in [1.82, 2.24) is 10.2 Å². The molecule has 0 aromatic rings. The Balaban J connectivity index is 0.00000162. The molecule has 0 radical (unpaired) electrons. The van der Waals surface area contributed by atoms with Crippen molar-refractivity contribution < 1.29 is 4.79 Å². The molecule has 0 unspecified atom stereocenters. The first-order valence-corrected chi connectivity index (χ1v) is 7.00. The lowest BCUT2D eigenvalue weighted by Crippen LogP contribution is -2.49. The monoisotopic (exact) mass is 274 g/mol. The fraction of sp³-hybridized carbons (Fsp3) is 0.929. The Kier molecular flexibility index (Phi) is 5.47. The van der Waals surface area contributed by atoms with Gasteiger partial charge in [0.05, 0.1) is 0 Å². The Morgan fingerprint density at radius 2 is 2.11 bits per heavy atom. The molecule has 2 aliphatic heterocycles. The molecule has 2 fully saturated rings. The second-order valence-corrected chi connectivity index (χ2v) is 6.60. The highest BCUT2D eigenvalue weighted by molar-refractivity contribution is 5.85. The van der Waals surface area contributed by atoms with Crippen LogP contribution < -0.4 is 5.32 Å². The van der Waals surface area contributed by atoms with Gasteiger partial charge in [-0.3, -0.25) is 4.79 Å². The summed E-state index contributed by atoms with van der Waals surface area (Å²) in [5.74, 6) is 0.672. The maximum Gasteiger partial charge on any atom is 0.225 e. The molecule has 2 rings (SSSR count). The molecule has 0 spiro atoms. The first-order chi connectivity index (χ1) is 7.98. The van der Waals surface area contributed by atoms with E-state index in [1.807, 2.05) is 0 Å². The van der Waals surface area contributed by atoms with Gasteiger partial charge >= 0.3 is 0 Å². The quantitative estimate of drug-likeness (QED) is 0.797. The van der Waals surface area contributed by atoms with Gasteiger partial charge in [-0.25, -0.2) is 0 Å². The second-order valence-electron chi connectivity index (χ2n) is 6.60. The van der Waals surface area contributed by atoms with E-state index in [0.29, 0.717) is 17.4 Å². The van der Waals surface area contributed by atoms with Gasteiger partial charge in [-0.2, -0.15) is 0 Å².